The Hall–Kier alpha value is -1.40. The van der Waals surface area contributed by atoms with Crippen LogP contribution in [0, 0.1) is 0 Å². The molecule has 0 aliphatic heterocycles. The molecule has 2 rings (SSSR count). The number of thiocarbonyl (C=S) groups is 1. The lowest BCUT2D eigenvalue weighted by atomic mass is 10.2. The van der Waals surface area contributed by atoms with Crippen LogP contribution in [0.15, 0.2) is 35.1 Å². The molecule has 0 unspecified atom stereocenters. The Labute approximate surface area is 125 Å². The summed E-state index contributed by atoms with van der Waals surface area (Å²) in [5, 5.41) is 4.22. The van der Waals surface area contributed by atoms with Gasteiger partial charge in [-0.05, 0) is 32.0 Å². The van der Waals surface area contributed by atoms with Gasteiger partial charge in [-0.25, -0.2) is 0 Å². The van der Waals surface area contributed by atoms with Crippen molar-refractivity contribution in [3.8, 4) is 11.5 Å². The van der Waals surface area contributed by atoms with Gasteiger partial charge < -0.3 is 10.5 Å². The third-order valence-electron chi connectivity index (χ3n) is 2.54. The van der Waals surface area contributed by atoms with Crippen molar-refractivity contribution < 1.29 is 4.74 Å². The highest BCUT2D eigenvalue weighted by molar-refractivity contribution is 9.10. The number of rotatable bonds is 4. The zero-order valence-corrected chi connectivity index (χ0v) is 13.0. The third-order valence-corrected chi connectivity index (χ3v) is 3.25. The molecule has 1 aromatic carbocycles. The number of hydrogen-bond donors (Lipinski definition) is 1. The van der Waals surface area contributed by atoms with Gasteiger partial charge in [0.05, 0.1) is 18.0 Å². The van der Waals surface area contributed by atoms with Crippen LogP contribution in [0.3, 0.4) is 0 Å². The summed E-state index contributed by atoms with van der Waals surface area (Å²) in [5.74, 6) is 1.28. The number of hydrogen-bond acceptors (Lipinski definition) is 3. The molecule has 1 heterocycles. The van der Waals surface area contributed by atoms with Crippen molar-refractivity contribution in [2.75, 3.05) is 0 Å². The Kier molecular flexibility index (Phi) is 4.21. The maximum Gasteiger partial charge on any atom is 0.165 e. The maximum atomic E-state index is 5.78. The first-order valence-electron chi connectivity index (χ1n) is 5.78. The molecule has 0 amide bonds. The van der Waals surface area contributed by atoms with Crippen LogP contribution in [0.2, 0.25) is 0 Å². The van der Waals surface area contributed by atoms with E-state index in [1.54, 1.807) is 6.20 Å². The quantitative estimate of drug-likeness (QED) is 0.863. The molecule has 0 saturated heterocycles. The highest BCUT2D eigenvalue weighted by atomic mass is 79.9. The van der Waals surface area contributed by atoms with Crippen LogP contribution in [0.1, 0.15) is 25.5 Å². The summed E-state index contributed by atoms with van der Waals surface area (Å²) in [6.45, 7) is 4.10. The first-order valence-corrected chi connectivity index (χ1v) is 6.99. The molecule has 2 N–H and O–H groups in total. The van der Waals surface area contributed by atoms with E-state index < -0.39 is 0 Å². The van der Waals surface area contributed by atoms with Gasteiger partial charge in [-0.15, -0.1) is 0 Å². The van der Waals surface area contributed by atoms with Gasteiger partial charge in [0.1, 0.15) is 10.7 Å². The average molecular weight is 340 g/mol. The first-order chi connectivity index (χ1) is 8.97. The number of ether oxygens (including phenoxy) is 1. The number of aromatic nitrogens is 2. The Morgan fingerprint density at radius 2 is 2.21 bits per heavy atom. The topological polar surface area (TPSA) is 53.1 Å². The smallest absolute Gasteiger partial charge is 0.165 e. The van der Waals surface area contributed by atoms with Gasteiger partial charge in [0, 0.05) is 10.5 Å². The monoisotopic (exact) mass is 339 g/mol. The van der Waals surface area contributed by atoms with Gasteiger partial charge in [0.15, 0.2) is 5.75 Å². The van der Waals surface area contributed by atoms with E-state index in [2.05, 4.69) is 34.9 Å². The van der Waals surface area contributed by atoms with Crippen molar-refractivity contribution in [2.45, 2.75) is 19.9 Å². The number of nitrogens with two attached hydrogens (primary N) is 1. The Bertz CT molecular complexity index is 610. The van der Waals surface area contributed by atoms with Gasteiger partial charge in [-0.1, -0.05) is 28.1 Å². The average Bonchev–Trinajstić information content (AvgIpc) is 2.80. The number of halogens is 1. The molecule has 6 heteroatoms. The largest absolute Gasteiger partial charge is 0.453 e. The lowest BCUT2D eigenvalue weighted by molar-refractivity contribution is 0.476. The summed E-state index contributed by atoms with van der Waals surface area (Å²) in [5.41, 5.74) is 6.40. The fourth-order valence-corrected chi connectivity index (χ4v) is 2.09. The lowest BCUT2D eigenvalue weighted by Crippen LogP contribution is -2.10. The van der Waals surface area contributed by atoms with E-state index in [-0.39, 0.29) is 6.04 Å². The highest BCUT2D eigenvalue weighted by Crippen LogP contribution is 2.28. The predicted octanol–water partition coefficient (Wildman–Crippen LogP) is 3.65. The minimum Gasteiger partial charge on any atom is -0.453 e. The predicted molar refractivity (Wildman–Crippen MR) is 82.7 cm³/mol. The molecule has 19 heavy (non-hydrogen) atoms. The zero-order valence-electron chi connectivity index (χ0n) is 10.6. The number of benzene rings is 1. The molecule has 0 bridgehead atoms. The second-order valence-electron chi connectivity index (χ2n) is 4.36. The second-order valence-corrected chi connectivity index (χ2v) is 5.71. The highest BCUT2D eigenvalue weighted by Gasteiger charge is 2.10. The SMILES string of the molecule is CC(C)n1cc(Oc2ccc(Br)cc2C(N)=S)cn1. The van der Waals surface area contributed by atoms with E-state index in [4.69, 9.17) is 22.7 Å². The molecule has 0 aliphatic carbocycles. The second kappa shape index (κ2) is 5.71. The Morgan fingerprint density at radius 3 is 2.79 bits per heavy atom. The summed E-state index contributed by atoms with van der Waals surface area (Å²) in [6, 6.07) is 5.83. The van der Waals surface area contributed by atoms with Gasteiger partial charge in [0.2, 0.25) is 0 Å². The molecule has 0 atom stereocenters. The summed E-state index contributed by atoms with van der Waals surface area (Å²) in [4.78, 5) is 0.299. The minimum atomic E-state index is 0.289. The van der Waals surface area contributed by atoms with Crippen molar-refractivity contribution in [3.05, 3.63) is 40.6 Å². The summed E-state index contributed by atoms with van der Waals surface area (Å²) in [7, 11) is 0. The Balaban J connectivity index is 2.29. The van der Waals surface area contributed by atoms with Crippen molar-refractivity contribution in [2.24, 2.45) is 5.73 Å². The molecule has 1 aromatic heterocycles. The van der Waals surface area contributed by atoms with Crippen LogP contribution in [0.5, 0.6) is 11.5 Å². The van der Waals surface area contributed by atoms with E-state index in [1.807, 2.05) is 29.1 Å². The van der Waals surface area contributed by atoms with Gasteiger partial charge >= 0.3 is 0 Å². The first kappa shape index (κ1) is 14.0. The van der Waals surface area contributed by atoms with Gasteiger partial charge in [0.25, 0.3) is 0 Å². The van der Waals surface area contributed by atoms with E-state index in [1.165, 1.54) is 0 Å². The molecule has 0 saturated carbocycles. The van der Waals surface area contributed by atoms with Crippen molar-refractivity contribution in [3.63, 3.8) is 0 Å². The summed E-state index contributed by atoms with van der Waals surface area (Å²) >= 11 is 8.41. The third kappa shape index (κ3) is 3.33. The van der Waals surface area contributed by atoms with Crippen molar-refractivity contribution in [1.29, 1.82) is 0 Å². The molecule has 0 spiro atoms. The van der Waals surface area contributed by atoms with Crippen LogP contribution in [-0.2, 0) is 0 Å². The van der Waals surface area contributed by atoms with E-state index in [0.717, 1.165) is 4.47 Å². The molecule has 100 valence electrons. The van der Waals surface area contributed by atoms with Gasteiger partial charge in [-0.3, -0.25) is 4.68 Å². The summed E-state index contributed by atoms with van der Waals surface area (Å²) in [6.07, 6.45) is 3.52. The standard InChI is InChI=1S/C13H14BrN3OS/c1-8(2)17-7-10(6-16-17)18-12-4-3-9(14)5-11(12)13(15)19/h3-8H,1-2H3,(H2,15,19). The van der Waals surface area contributed by atoms with Crippen LogP contribution >= 0.6 is 28.1 Å². The normalized spacial score (nSPS) is 10.7. The maximum absolute atomic E-state index is 5.78. The molecule has 2 aromatic rings. The van der Waals surface area contributed by atoms with Crippen molar-refractivity contribution in [1.82, 2.24) is 9.78 Å². The van der Waals surface area contributed by atoms with Crippen LogP contribution in [0.4, 0.5) is 0 Å². The molecule has 0 aliphatic rings. The molecule has 4 nitrogen and oxygen atoms in total. The molecule has 0 fully saturated rings. The van der Waals surface area contributed by atoms with E-state index in [0.29, 0.717) is 22.1 Å². The van der Waals surface area contributed by atoms with Crippen LogP contribution in [0.25, 0.3) is 0 Å². The van der Waals surface area contributed by atoms with E-state index >= 15 is 0 Å². The summed E-state index contributed by atoms with van der Waals surface area (Å²) < 4.78 is 8.52. The van der Waals surface area contributed by atoms with Gasteiger partial charge in [-0.2, -0.15) is 5.10 Å². The van der Waals surface area contributed by atoms with Crippen LogP contribution < -0.4 is 10.5 Å². The fourth-order valence-electron chi connectivity index (χ4n) is 1.57. The van der Waals surface area contributed by atoms with E-state index in [9.17, 15) is 0 Å². The molecule has 0 radical (unpaired) electrons. The molecular weight excluding hydrogens is 326 g/mol. The number of nitrogens with zero attached hydrogens (tertiary/aromatic N) is 2. The minimum absolute atomic E-state index is 0.289. The molecular formula is C13H14BrN3OS. The van der Waals surface area contributed by atoms with Crippen LogP contribution in [-0.4, -0.2) is 14.8 Å². The Morgan fingerprint density at radius 1 is 1.47 bits per heavy atom. The zero-order chi connectivity index (χ0) is 14.0. The fraction of sp³-hybridized carbons (Fsp3) is 0.231. The van der Waals surface area contributed by atoms with Crippen molar-refractivity contribution >= 4 is 33.1 Å². The lowest BCUT2D eigenvalue weighted by Gasteiger charge is -2.09.